The second-order valence-corrected chi connectivity index (χ2v) is 6.93. The van der Waals surface area contributed by atoms with Crippen molar-refractivity contribution in [2.24, 2.45) is 0 Å². The van der Waals surface area contributed by atoms with E-state index in [1.54, 1.807) is 25.1 Å². The first kappa shape index (κ1) is 20.4. The van der Waals surface area contributed by atoms with Crippen LogP contribution in [0.1, 0.15) is 24.5 Å². The highest BCUT2D eigenvalue weighted by molar-refractivity contribution is 6.09. The summed E-state index contributed by atoms with van der Waals surface area (Å²) in [4.78, 5) is 40.2. The molecule has 1 aliphatic heterocycles. The minimum Gasteiger partial charge on any atom is -0.340 e. The van der Waals surface area contributed by atoms with Crippen LogP contribution in [0.2, 0.25) is 0 Å². The number of imide groups is 1. The Labute approximate surface area is 167 Å². The van der Waals surface area contributed by atoms with Crippen molar-refractivity contribution >= 4 is 17.8 Å². The smallest absolute Gasteiger partial charge is 0.325 e. The number of hydrogen-bond acceptors (Lipinski definition) is 3. The van der Waals surface area contributed by atoms with Gasteiger partial charge in [-0.25, -0.2) is 13.6 Å². The summed E-state index contributed by atoms with van der Waals surface area (Å²) in [6, 6.07) is 10.7. The average Bonchev–Trinajstić information content (AvgIpc) is 2.95. The zero-order chi connectivity index (χ0) is 21.2. The van der Waals surface area contributed by atoms with Gasteiger partial charge in [-0.2, -0.15) is 0 Å². The van der Waals surface area contributed by atoms with Gasteiger partial charge < -0.3 is 10.2 Å². The Hall–Kier alpha value is -3.29. The number of hydrogen-bond donors (Lipinski definition) is 1. The molecule has 0 radical (unpaired) electrons. The molecule has 0 aliphatic carbocycles. The number of carbonyl (C=O) groups excluding carboxylic acids is 3. The average molecular weight is 401 g/mol. The van der Waals surface area contributed by atoms with E-state index in [1.165, 1.54) is 42.3 Å². The van der Waals surface area contributed by atoms with Gasteiger partial charge in [-0.15, -0.1) is 0 Å². The summed E-state index contributed by atoms with van der Waals surface area (Å²) in [5.41, 5.74) is -0.584. The molecule has 2 aromatic carbocycles. The van der Waals surface area contributed by atoms with Gasteiger partial charge in [0.25, 0.3) is 5.91 Å². The number of halogens is 2. The highest BCUT2D eigenvalue weighted by atomic mass is 19.1. The van der Waals surface area contributed by atoms with E-state index in [4.69, 9.17) is 0 Å². The third-order valence-corrected chi connectivity index (χ3v) is 5.13. The van der Waals surface area contributed by atoms with Crippen molar-refractivity contribution in [3.05, 3.63) is 71.3 Å². The van der Waals surface area contributed by atoms with Crippen LogP contribution in [0.5, 0.6) is 0 Å². The topological polar surface area (TPSA) is 69.7 Å². The lowest BCUT2D eigenvalue weighted by atomic mass is 9.87. The molecule has 1 N–H and O–H groups in total. The largest absolute Gasteiger partial charge is 0.340 e. The Kier molecular flexibility index (Phi) is 5.63. The van der Waals surface area contributed by atoms with E-state index < -0.39 is 41.6 Å². The Morgan fingerprint density at radius 1 is 1.10 bits per heavy atom. The number of amides is 4. The second-order valence-electron chi connectivity index (χ2n) is 6.93. The maximum absolute atomic E-state index is 13.8. The Bertz CT molecular complexity index is 948. The molecular formula is C21H21F2N3O3. The molecule has 0 aromatic heterocycles. The zero-order valence-electron chi connectivity index (χ0n) is 16.1. The third-order valence-electron chi connectivity index (χ3n) is 5.13. The number of carbonyl (C=O) groups is 3. The molecule has 4 amide bonds. The zero-order valence-corrected chi connectivity index (χ0v) is 16.1. The van der Waals surface area contributed by atoms with Crippen LogP contribution >= 0.6 is 0 Å². The summed E-state index contributed by atoms with van der Waals surface area (Å²) in [6.07, 6.45) is 0.235. The van der Waals surface area contributed by atoms with Gasteiger partial charge in [0.1, 0.15) is 23.7 Å². The van der Waals surface area contributed by atoms with Crippen LogP contribution in [0, 0.1) is 11.6 Å². The normalized spacial score (nSPS) is 18.7. The number of nitrogens with one attached hydrogen (secondary N) is 1. The molecule has 0 saturated carbocycles. The summed E-state index contributed by atoms with van der Waals surface area (Å²) in [5.74, 6) is -1.99. The molecule has 1 aliphatic rings. The van der Waals surface area contributed by atoms with Crippen molar-refractivity contribution in [2.45, 2.75) is 25.4 Å². The van der Waals surface area contributed by atoms with Gasteiger partial charge in [0.15, 0.2) is 0 Å². The van der Waals surface area contributed by atoms with Crippen LogP contribution in [-0.4, -0.2) is 41.2 Å². The molecular weight excluding hydrogens is 380 g/mol. The van der Waals surface area contributed by atoms with Gasteiger partial charge in [-0.1, -0.05) is 37.3 Å². The predicted molar refractivity (Wildman–Crippen MR) is 101 cm³/mol. The summed E-state index contributed by atoms with van der Waals surface area (Å²) in [7, 11) is 1.47. The van der Waals surface area contributed by atoms with Crippen molar-refractivity contribution < 1.29 is 23.2 Å². The molecule has 1 fully saturated rings. The molecule has 0 bridgehead atoms. The standard InChI is InChI=1S/C21H21F2N3O3/c1-3-21(15-8-10-16(22)11-9-15)19(28)26(20(29)24-21)13-18(27)25(2)12-14-6-4-5-7-17(14)23/h4-11H,3,12-13H2,1-2H3,(H,24,29)/t21-/m0/s1. The molecule has 0 unspecified atom stereocenters. The van der Waals surface area contributed by atoms with Gasteiger partial charge in [0.05, 0.1) is 0 Å². The van der Waals surface area contributed by atoms with Crippen molar-refractivity contribution in [1.82, 2.24) is 15.1 Å². The van der Waals surface area contributed by atoms with E-state index in [2.05, 4.69) is 5.32 Å². The maximum atomic E-state index is 13.8. The van der Waals surface area contributed by atoms with Crippen molar-refractivity contribution in [2.75, 3.05) is 13.6 Å². The summed E-state index contributed by atoms with van der Waals surface area (Å²) < 4.78 is 27.1. The molecule has 152 valence electrons. The van der Waals surface area contributed by atoms with E-state index in [1.807, 2.05) is 0 Å². The quantitative estimate of drug-likeness (QED) is 0.757. The highest BCUT2D eigenvalue weighted by Crippen LogP contribution is 2.32. The van der Waals surface area contributed by atoms with Crippen LogP contribution in [0.15, 0.2) is 48.5 Å². The Morgan fingerprint density at radius 3 is 2.38 bits per heavy atom. The fourth-order valence-corrected chi connectivity index (χ4v) is 3.37. The van der Waals surface area contributed by atoms with Gasteiger partial charge in [-0.05, 0) is 30.2 Å². The highest BCUT2D eigenvalue weighted by Gasteiger charge is 2.51. The Balaban J connectivity index is 1.76. The first-order chi connectivity index (χ1) is 13.8. The van der Waals surface area contributed by atoms with Crippen LogP contribution in [-0.2, 0) is 21.7 Å². The third kappa shape index (κ3) is 3.83. The SMILES string of the molecule is CC[C@@]1(c2ccc(F)cc2)NC(=O)N(CC(=O)N(C)Cc2ccccc2F)C1=O. The van der Waals surface area contributed by atoms with Gasteiger partial charge in [-0.3, -0.25) is 14.5 Å². The van der Waals surface area contributed by atoms with Crippen LogP contribution in [0.4, 0.5) is 13.6 Å². The van der Waals surface area contributed by atoms with E-state index in [9.17, 15) is 23.2 Å². The van der Waals surface area contributed by atoms with Crippen LogP contribution in [0.25, 0.3) is 0 Å². The fourth-order valence-electron chi connectivity index (χ4n) is 3.37. The van der Waals surface area contributed by atoms with Crippen LogP contribution in [0.3, 0.4) is 0 Å². The molecule has 6 nitrogen and oxygen atoms in total. The summed E-state index contributed by atoms with van der Waals surface area (Å²) in [6.45, 7) is 1.25. The molecule has 8 heteroatoms. The molecule has 3 rings (SSSR count). The van der Waals surface area contributed by atoms with Gasteiger partial charge in [0.2, 0.25) is 5.91 Å². The predicted octanol–water partition coefficient (Wildman–Crippen LogP) is 2.78. The van der Waals surface area contributed by atoms with Gasteiger partial charge >= 0.3 is 6.03 Å². The van der Waals surface area contributed by atoms with Crippen LogP contribution < -0.4 is 5.32 Å². The molecule has 1 heterocycles. The monoisotopic (exact) mass is 401 g/mol. The van der Waals surface area contributed by atoms with E-state index in [-0.39, 0.29) is 13.0 Å². The fraction of sp³-hybridized carbons (Fsp3) is 0.286. The minimum absolute atomic E-state index is 0.00599. The summed E-state index contributed by atoms with van der Waals surface area (Å²) >= 11 is 0. The number of nitrogens with zero attached hydrogens (tertiary/aromatic N) is 2. The van der Waals surface area contributed by atoms with Crippen molar-refractivity contribution in [1.29, 1.82) is 0 Å². The molecule has 2 aromatic rings. The van der Waals surface area contributed by atoms with Crippen molar-refractivity contribution in [3.63, 3.8) is 0 Å². The number of rotatable bonds is 6. The number of likely N-dealkylation sites (N-methyl/N-ethyl adjacent to an activating group) is 1. The number of benzene rings is 2. The van der Waals surface area contributed by atoms with Gasteiger partial charge in [0, 0.05) is 19.2 Å². The molecule has 0 spiro atoms. The summed E-state index contributed by atoms with van der Waals surface area (Å²) in [5, 5.41) is 2.64. The molecule has 29 heavy (non-hydrogen) atoms. The lowest BCUT2D eigenvalue weighted by molar-refractivity contribution is -0.138. The minimum atomic E-state index is -1.35. The lowest BCUT2D eigenvalue weighted by Gasteiger charge is -2.26. The molecule has 1 saturated heterocycles. The van der Waals surface area contributed by atoms with E-state index in [0.29, 0.717) is 11.1 Å². The molecule has 1 atom stereocenters. The first-order valence-corrected chi connectivity index (χ1v) is 9.16. The Morgan fingerprint density at radius 2 is 1.76 bits per heavy atom. The lowest BCUT2D eigenvalue weighted by Crippen LogP contribution is -2.45. The number of urea groups is 1. The van der Waals surface area contributed by atoms with Crippen molar-refractivity contribution in [3.8, 4) is 0 Å². The van der Waals surface area contributed by atoms with E-state index >= 15 is 0 Å². The second kappa shape index (κ2) is 7.98. The van der Waals surface area contributed by atoms with E-state index in [0.717, 1.165) is 4.90 Å². The maximum Gasteiger partial charge on any atom is 0.325 e. The first-order valence-electron chi connectivity index (χ1n) is 9.16.